The quantitative estimate of drug-likeness (QED) is 0.560. The summed E-state index contributed by atoms with van der Waals surface area (Å²) in [6, 6.07) is 13.1. The molecule has 5 nitrogen and oxygen atoms in total. The van der Waals surface area contributed by atoms with E-state index in [4.69, 9.17) is 16.6 Å². The molecule has 0 amide bonds. The number of hydrogen-bond acceptors (Lipinski definition) is 5. The lowest BCUT2D eigenvalue weighted by Crippen LogP contribution is -2.48. The van der Waals surface area contributed by atoms with Crippen LogP contribution in [0, 0.1) is 13.8 Å². The van der Waals surface area contributed by atoms with E-state index in [1.165, 1.54) is 21.0 Å². The van der Waals surface area contributed by atoms with Crippen molar-refractivity contribution in [1.82, 2.24) is 9.29 Å². The average Bonchev–Trinajstić information content (AvgIpc) is 3.19. The largest absolute Gasteiger partial charge is 0.345 e. The van der Waals surface area contributed by atoms with Crippen LogP contribution >= 0.6 is 22.9 Å². The summed E-state index contributed by atoms with van der Waals surface area (Å²) in [6.07, 6.45) is 0.804. The summed E-state index contributed by atoms with van der Waals surface area (Å²) >= 11 is 7.73. The Morgan fingerprint density at radius 1 is 1.03 bits per heavy atom. The second kappa shape index (κ2) is 8.67. The Labute approximate surface area is 187 Å². The van der Waals surface area contributed by atoms with Crippen LogP contribution in [0.3, 0.4) is 0 Å². The van der Waals surface area contributed by atoms with E-state index in [9.17, 15) is 8.42 Å². The number of rotatable bonds is 5. The first-order valence-electron chi connectivity index (χ1n) is 9.85. The number of halogens is 1. The number of benzene rings is 2. The predicted octanol–water partition coefficient (Wildman–Crippen LogP) is 4.52. The summed E-state index contributed by atoms with van der Waals surface area (Å²) in [5.41, 5.74) is 4.89. The maximum Gasteiger partial charge on any atom is 0.244 e. The van der Waals surface area contributed by atoms with Crippen molar-refractivity contribution in [1.29, 1.82) is 0 Å². The standard InChI is InChI=1S/C22H24ClN3O2S2/c1-16-7-8-18(13-17(16)2)14-19-15-29-22(24-19)25-9-11-26(12-10-25)30(27,28)21-6-4-3-5-20(21)23/h3-8,13,15H,9-12,14H2,1-2H3. The number of aromatic nitrogens is 1. The minimum absolute atomic E-state index is 0.171. The van der Waals surface area contributed by atoms with Gasteiger partial charge in [-0.15, -0.1) is 11.3 Å². The van der Waals surface area contributed by atoms with Crippen LogP contribution in [0.4, 0.5) is 5.13 Å². The Balaban J connectivity index is 1.41. The summed E-state index contributed by atoms with van der Waals surface area (Å²) in [7, 11) is -3.58. The highest BCUT2D eigenvalue weighted by Crippen LogP contribution is 2.28. The van der Waals surface area contributed by atoms with Gasteiger partial charge in [-0.2, -0.15) is 4.31 Å². The van der Waals surface area contributed by atoms with Gasteiger partial charge in [0.15, 0.2) is 5.13 Å². The molecule has 4 rings (SSSR count). The number of hydrogen-bond donors (Lipinski definition) is 0. The monoisotopic (exact) mass is 461 g/mol. The smallest absolute Gasteiger partial charge is 0.244 e. The van der Waals surface area contributed by atoms with Gasteiger partial charge in [0.2, 0.25) is 10.0 Å². The fourth-order valence-electron chi connectivity index (χ4n) is 3.56. The highest BCUT2D eigenvalue weighted by atomic mass is 35.5. The molecule has 0 bridgehead atoms. The first-order valence-corrected chi connectivity index (χ1v) is 12.5. The maximum absolute atomic E-state index is 12.9. The SMILES string of the molecule is Cc1ccc(Cc2csc(N3CCN(S(=O)(=O)c4ccccc4Cl)CC3)n2)cc1C. The van der Waals surface area contributed by atoms with Crippen molar-refractivity contribution in [2.75, 3.05) is 31.1 Å². The summed E-state index contributed by atoms with van der Waals surface area (Å²) in [5.74, 6) is 0. The van der Waals surface area contributed by atoms with Gasteiger partial charge >= 0.3 is 0 Å². The van der Waals surface area contributed by atoms with Gasteiger partial charge in [0, 0.05) is 38.0 Å². The van der Waals surface area contributed by atoms with Gasteiger partial charge < -0.3 is 4.90 Å². The van der Waals surface area contributed by atoms with Gasteiger partial charge in [0.25, 0.3) is 0 Å². The molecule has 1 aliphatic heterocycles. The second-order valence-corrected chi connectivity index (χ2v) is 10.7. The maximum atomic E-state index is 12.9. The summed E-state index contributed by atoms with van der Waals surface area (Å²) in [6.45, 7) is 6.30. The minimum atomic E-state index is -3.58. The third-order valence-corrected chi connectivity index (χ3v) is 8.81. The molecule has 1 aromatic heterocycles. The predicted molar refractivity (Wildman–Crippen MR) is 123 cm³/mol. The van der Waals surface area contributed by atoms with E-state index in [2.05, 4.69) is 42.3 Å². The fourth-order valence-corrected chi connectivity index (χ4v) is 6.35. The van der Waals surface area contributed by atoms with Gasteiger partial charge in [-0.05, 0) is 42.7 Å². The number of aryl methyl sites for hydroxylation is 2. The van der Waals surface area contributed by atoms with E-state index in [1.807, 2.05) is 0 Å². The van der Waals surface area contributed by atoms with Gasteiger partial charge in [-0.1, -0.05) is 41.9 Å². The van der Waals surface area contributed by atoms with Crippen molar-refractivity contribution in [3.05, 3.63) is 75.3 Å². The van der Waals surface area contributed by atoms with Crippen LogP contribution in [0.2, 0.25) is 5.02 Å². The lowest BCUT2D eigenvalue weighted by atomic mass is 10.0. The van der Waals surface area contributed by atoms with Crippen LogP contribution < -0.4 is 4.90 Å². The number of nitrogens with zero attached hydrogens (tertiary/aromatic N) is 3. The highest BCUT2D eigenvalue weighted by molar-refractivity contribution is 7.89. The lowest BCUT2D eigenvalue weighted by molar-refractivity contribution is 0.384. The van der Waals surface area contributed by atoms with Gasteiger partial charge in [-0.25, -0.2) is 13.4 Å². The van der Waals surface area contributed by atoms with Crippen LogP contribution in [-0.2, 0) is 16.4 Å². The molecule has 0 spiro atoms. The van der Waals surface area contributed by atoms with E-state index >= 15 is 0 Å². The molecule has 2 heterocycles. The summed E-state index contributed by atoms with van der Waals surface area (Å²) in [4.78, 5) is 7.13. The normalized spacial score (nSPS) is 15.5. The van der Waals surface area contributed by atoms with E-state index in [0.29, 0.717) is 26.2 Å². The van der Waals surface area contributed by atoms with Crippen LogP contribution in [0.25, 0.3) is 0 Å². The van der Waals surface area contributed by atoms with E-state index < -0.39 is 10.0 Å². The molecule has 30 heavy (non-hydrogen) atoms. The van der Waals surface area contributed by atoms with Crippen molar-refractivity contribution < 1.29 is 8.42 Å². The van der Waals surface area contributed by atoms with Crippen LogP contribution in [0.1, 0.15) is 22.4 Å². The first kappa shape index (κ1) is 21.3. The molecular formula is C22H24ClN3O2S2. The number of piperazine rings is 1. The summed E-state index contributed by atoms with van der Waals surface area (Å²) in [5, 5.41) is 3.30. The molecule has 0 N–H and O–H groups in total. The van der Waals surface area contributed by atoms with Crippen LogP contribution in [0.15, 0.2) is 52.7 Å². The molecule has 1 fully saturated rings. The molecule has 0 atom stereocenters. The van der Waals surface area contributed by atoms with Crippen molar-refractivity contribution >= 4 is 38.1 Å². The molecule has 158 valence electrons. The molecule has 3 aromatic rings. The third kappa shape index (κ3) is 4.39. The Kier molecular flexibility index (Phi) is 6.16. The molecule has 0 unspecified atom stereocenters. The summed E-state index contributed by atoms with van der Waals surface area (Å²) < 4.78 is 27.3. The minimum Gasteiger partial charge on any atom is -0.345 e. The highest BCUT2D eigenvalue weighted by Gasteiger charge is 2.30. The molecule has 1 aliphatic rings. The van der Waals surface area contributed by atoms with Crippen molar-refractivity contribution in [2.24, 2.45) is 0 Å². The zero-order valence-corrected chi connectivity index (χ0v) is 19.4. The van der Waals surface area contributed by atoms with Crippen molar-refractivity contribution in [3.8, 4) is 0 Å². The first-order chi connectivity index (χ1) is 14.3. The van der Waals surface area contributed by atoms with E-state index in [-0.39, 0.29) is 9.92 Å². The molecule has 0 saturated carbocycles. The fraction of sp³-hybridized carbons (Fsp3) is 0.318. The Morgan fingerprint density at radius 2 is 1.77 bits per heavy atom. The Hall–Kier alpha value is -1.93. The lowest BCUT2D eigenvalue weighted by Gasteiger charge is -2.33. The van der Waals surface area contributed by atoms with E-state index in [0.717, 1.165) is 17.2 Å². The van der Waals surface area contributed by atoms with Gasteiger partial charge in [0.05, 0.1) is 10.7 Å². The Morgan fingerprint density at radius 3 is 2.47 bits per heavy atom. The number of sulfonamides is 1. The number of thiazole rings is 1. The molecule has 0 radical (unpaired) electrons. The zero-order valence-electron chi connectivity index (χ0n) is 17.0. The van der Waals surface area contributed by atoms with Crippen LogP contribution in [0.5, 0.6) is 0 Å². The topological polar surface area (TPSA) is 53.5 Å². The second-order valence-electron chi connectivity index (χ2n) is 7.54. The third-order valence-electron chi connectivity index (χ3n) is 5.46. The van der Waals surface area contributed by atoms with Gasteiger partial charge in [0.1, 0.15) is 4.90 Å². The Bertz CT molecular complexity index is 1150. The molecular weight excluding hydrogens is 438 g/mol. The molecule has 2 aromatic carbocycles. The molecule has 8 heteroatoms. The molecule has 1 saturated heterocycles. The van der Waals surface area contributed by atoms with Crippen LogP contribution in [-0.4, -0.2) is 43.9 Å². The molecule has 0 aliphatic carbocycles. The average molecular weight is 462 g/mol. The zero-order chi connectivity index (χ0) is 21.3. The van der Waals surface area contributed by atoms with Crippen molar-refractivity contribution in [3.63, 3.8) is 0 Å². The van der Waals surface area contributed by atoms with Crippen molar-refractivity contribution in [2.45, 2.75) is 25.2 Å². The van der Waals surface area contributed by atoms with E-state index in [1.54, 1.807) is 35.6 Å². The number of anilines is 1. The van der Waals surface area contributed by atoms with Gasteiger partial charge in [-0.3, -0.25) is 0 Å².